The average Bonchev–Trinajstić information content (AvgIpc) is 3.35. The van der Waals surface area contributed by atoms with E-state index in [1.54, 1.807) is 0 Å². The number of carbonyl (C=O) groups is 1. The molecular formula is C22H31ClN4O. The molecule has 1 aliphatic carbocycles. The zero-order valence-electron chi connectivity index (χ0n) is 16.6. The minimum absolute atomic E-state index is 0. The topological polar surface area (TPSA) is 61.0 Å². The van der Waals surface area contributed by atoms with E-state index in [0.717, 1.165) is 42.8 Å². The van der Waals surface area contributed by atoms with Gasteiger partial charge in [0.2, 0.25) is 5.91 Å². The van der Waals surface area contributed by atoms with Crippen molar-refractivity contribution in [1.29, 1.82) is 0 Å². The number of nitrogens with zero attached hydrogens (tertiary/aromatic N) is 2. The van der Waals surface area contributed by atoms with E-state index in [4.69, 9.17) is 0 Å². The van der Waals surface area contributed by atoms with Crippen LogP contribution in [0.25, 0.3) is 11.3 Å². The van der Waals surface area contributed by atoms with Crippen molar-refractivity contribution in [2.45, 2.75) is 57.0 Å². The smallest absolute Gasteiger partial charge is 0.239 e. The maximum absolute atomic E-state index is 12.8. The summed E-state index contributed by atoms with van der Waals surface area (Å²) in [6.45, 7) is 0.784. The summed E-state index contributed by atoms with van der Waals surface area (Å²) in [5.41, 5.74) is 3.23. The number of hydrogen-bond donors (Lipinski definition) is 2. The van der Waals surface area contributed by atoms with Crippen molar-refractivity contribution in [2.24, 2.45) is 5.92 Å². The minimum atomic E-state index is 0. The fourth-order valence-corrected chi connectivity index (χ4v) is 4.64. The average molecular weight is 403 g/mol. The Labute approximate surface area is 173 Å². The van der Waals surface area contributed by atoms with Gasteiger partial charge in [-0.3, -0.25) is 9.89 Å². The third-order valence-electron chi connectivity index (χ3n) is 6.18. The summed E-state index contributed by atoms with van der Waals surface area (Å²) in [6, 6.07) is 12.9. The molecule has 5 nitrogen and oxygen atoms in total. The Bertz CT molecular complexity index is 749. The van der Waals surface area contributed by atoms with Crippen molar-refractivity contribution in [3.8, 4) is 11.3 Å². The molecule has 28 heavy (non-hydrogen) atoms. The molecule has 4 rings (SSSR count). The molecule has 6 heteroatoms. The van der Waals surface area contributed by atoms with Crippen LogP contribution >= 0.6 is 12.4 Å². The molecule has 1 aromatic heterocycles. The summed E-state index contributed by atoms with van der Waals surface area (Å²) >= 11 is 0. The van der Waals surface area contributed by atoms with Gasteiger partial charge in [-0.1, -0.05) is 43.2 Å². The number of aromatic nitrogens is 2. The number of aromatic amines is 1. The van der Waals surface area contributed by atoms with Gasteiger partial charge in [0.25, 0.3) is 0 Å². The van der Waals surface area contributed by atoms with Gasteiger partial charge in [-0.05, 0) is 44.1 Å². The number of aryl methyl sites for hydroxylation is 1. The molecule has 0 radical (unpaired) electrons. The molecule has 2 fully saturated rings. The van der Waals surface area contributed by atoms with Crippen molar-refractivity contribution < 1.29 is 4.79 Å². The first-order valence-electron chi connectivity index (χ1n) is 10.3. The van der Waals surface area contributed by atoms with Crippen molar-refractivity contribution >= 4 is 18.3 Å². The second-order valence-electron chi connectivity index (χ2n) is 8.11. The normalized spacial score (nSPS) is 23.7. The Morgan fingerprint density at radius 1 is 1.21 bits per heavy atom. The predicted molar refractivity (Wildman–Crippen MR) is 115 cm³/mol. The van der Waals surface area contributed by atoms with Crippen molar-refractivity contribution in [3.63, 3.8) is 0 Å². The van der Waals surface area contributed by atoms with Gasteiger partial charge in [-0.2, -0.15) is 5.10 Å². The first-order chi connectivity index (χ1) is 13.2. The fourth-order valence-electron chi connectivity index (χ4n) is 4.64. The minimum Gasteiger partial charge on any atom is -0.344 e. The van der Waals surface area contributed by atoms with Crippen LogP contribution in [-0.2, 0) is 11.2 Å². The maximum Gasteiger partial charge on any atom is 0.239 e. The van der Waals surface area contributed by atoms with Gasteiger partial charge in [-0.25, -0.2) is 0 Å². The highest BCUT2D eigenvalue weighted by atomic mass is 35.5. The van der Waals surface area contributed by atoms with Crippen molar-refractivity contribution in [1.82, 2.24) is 20.4 Å². The Hall–Kier alpha value is -1.85. The van der Waals surface area contributed by atoms with Crippen LogP contribution in [0.15, 0.2) is 36.4 Å². The molecule has 1 amide bonds. The number of likely N-dealkylation sites (N-methyl/N-ethyl adjacent to an activating group) is 1. The van der Waals surface area contributed by atoms with Crippen LogP contribution in [0.4, 0.5) is 0 Å². The van der Waals surface area contributed by atoms with Gasteiger partial charge in [0.1, 0.15) is 0 Å². The third kappa shape index (κ3) is 4.76. The highest BCUT2D eigenvalue weighted by Gasteiger charge is 2.38. The standard InChI is InChI=1S/C22H30N4O.ClH/c1-26(22(27)21-14-17-10-5-6-12-19(17)23-21)13-7-11-18-15-20(25-24-18)16-8-3-2-4-9-16;/h2-4,8-9,15,17,19,21,23H,5-7,10-14H2,1H3,(H,24,25);1H. The van der Waals surface area contributed by atoms with Crippen molar-refractivity contribution in [2.75, 3.05) is 13.6 Å². The molecule has 2 N–H and O–H groups in total. The number of benzene rings is 1. The number of H-pyrrole nitrogens is 1. The molecule has 3 atom stereocenters. The van der Waals surface area contributed by atoms with E-state index in [0.29, 0.717) is 12.0 Å². The van der Waals surface area contributed by atoms with E-state index < -0.39 is 0 Å². The summed E-state index contributed by atoms with van der Waals surface area (Å²) in [6.07, 6.45) is 8.03. The molecule has 3 unspecified atom stereocenters. The maximum atomic E-state index is 12.8. The molecule has 1 saturated carbocycles. The number of carbonyl (C=O) groups excluding carboxylic acids is 1. The van der Waals surface area contributed by atoms with Crippen molar-refractivity contribution in [3.05, 3.63) is 42.1 Å². The zero-order valence-corrected chi connectivity index (χ0v) is 17.4. The summed E-state index contributed by atoms with van der Waals surface area (Å²) in [5, 5.41) is 11.1. The Kier molecular flexibility index (Phi) is 7.13. The molecule has 1 aliphatic heterocycles. The van der Waals surface area contributed by atoms with E-state index in [-0.39, 0.29) is 24.4 Å². The molecule has 0 spiro atoms. The molecule has 2 heterocycles. The van der Waals surface area contributed by atoms with E-state index in [1.807, 2.05) is 30.1 Å². The van der Waals surface area contributed by atoms with Gasteiger partial charge in [0, 0.05) is 30.9 Å². The lowest BCUT2D eigenvalue weighted by Gasteiger charge is -2.24. The van der Waals surface area contributed by atoms with Crippen LogP contribution in [0.3, 0.4) is 0 Å². The lowest BCUT2D eigenvalue weighted by atomic mass is 9.85. The summed E-state index contributed by atoms with van der Waals surface area (Å²) in [5.74, 6) is 0.974. The lowest BCUT2D eigenvalue weighted by Crippen LogP contribution is -2.44. The molecule has 152 valence electrons. The number of nitrogens with one attached hydrogen (secondary N) is 2. The number of amides is 1. The van der Waals surface area contributed by atoms with Gasteiger partial charge in [0.15, 0.2) is 0 Å². The monoisotopic (exact) mass is 402 g/mol. The molecule has 2 aliphatic rings. The Morgan fingerprint density at radius 3 is 2.79 bits per heavy atom. The number of hydrogen-bond acceptors (Lipinski definition) is 3. The van der Waals surface area contributed by atoms with Crippen LogP contribution in [0.5, 0.6) is 0 Å². The SMILES string of the molecule is CN(CCCc1cc(-c2ccccc2)n[nH]1)C(=O)C1CC2CCCCC2N1.Cl. The molecule has 1 aromatic carbocycles. The van der Waals surface area contributed by atoms with E-state index >= 15 is 0 Å². The number of fused-ring (bicyclic) bond motifs is 1. The Balaban J connectivity index is 0.00000225. The van der Waals surface area contributed by atoms with Crippen LogP contribution < -0.4 is 5.32 Å². The third-order valence-corrected chi connectivity index (χ3v) is 6.18. The fraction of sp³-hybridized carbons (Fsp3) is 0.545. The van der Waals surface area contributed by atoms with E-state index in [1.165, 1.54) is 25.7 Å². The summed E-state index contributed by atoms with van der Waals surface area (Å²) in [4.78, 5) is 14.7. The Morgan fingerprint density at radius 2 is 2.00 bits per heavy atom. The van der Waals surface area contributed by atoms with E-state index in [2.05, 4.69) is 33.7 Å². The second kappa shape index (κ2) is 9.57. The van der Waals surface area contributed by atoms with Crippen LogP contribution in [0.1, 0.15) is 44.2 Å². The highest BCUT2D eigenvalue weighted by molar-refractivity contribution is 5.85. The number of rotatable bonds is 6. The quantitative estimate of drug-likeness (QED) is 0.772. The predicted octanol–water partition coefficient (Wildman–Crippen LogP) is 3.81. The largest absolute Gasteiger partial charge is 0.344 e. The van der Waals surface area contributed by atoms with Gasteiger partial charge in [-0.15, -0.1) is 12.4 Å². The van der Waals surface area contributed by atoms with Crippen LogP contribution in [0.2, 0.25) is 0 Å². The summed E-state index contributed by atoms with van der Waals surface area (Å²) in [7, 11) is 1.94. The lowest BCUT2D eigenvalue weighted by molar-refractivity contribution is -0.131. The first-order valence-corrected chi connectivity index (χ1v) is 10.3. The molecule has 2 aromatic rings. The van der Waals surface area contributed by atoms with Crippen LogP contribution in [-0.4, -0.2) is 46.7 Å². The van der Waals surface area contributed by atoms with Crippen LogP contribution in [0, 0.1) is 5.92 Å². The molecule has 1 saturated heterocycles. The van der Waals surface area contributed by atoms with Gasteiger partial charge < -0.3 is 10.2 Å². The van der Waals surface area contributed by atoms with Gasteiger partial charge in [0.05, 0.1) is 11.7 Å². The van der Waals surface area contributed by atoms with E-state index in [9.17, 15) is 4.79 Å². The number of halogens is 1. The highest BCUT2D eigenvalue weighted by Crippen LogP contribution is 2.33. The zero-order chi connectivity index (χ0) is 18.6. The summed E-state index contributed by atoms with van der Waals surface area (Å²) < 4.78 is 0. The molecule has 0 bridgehead atoms. The van der Waals surface area contributed by atoms with Gasteiger partial charge >= 0.3 is 0 Å². The second-order valence-corrected chi connectivity index (χ2v) is 8.11. The molecular weight excluding hydrogens is 372 g/mol. The first kappa shape index (κ1) is 20.9.